The number of nitriles is 1. The minimum absolute atomic E-state index is 0.0129. The van der Waals surface area contributed by atoms with Gasteiger partial charge in [-0.3, -0.25) is 9.59 Å². The van der Waals surface area contributed by atoms with Crippen LogP contribution in [-0.4, -0.2) is 57.6 Å². The SMILES string of the molecule is CC(=O)N1C[C@H](O)C[C@H]1C(=O)N[C@H](C(=O)O)[C@H](C)CC#N. The van der Waals surface area contributed by atoms with Crippen LogP contribution in [0.15, 0.2) is 0 Å². The summed E-state index contributed by atoms with van der Waals surface area (Å²) in [5, 5.41) is 29.7. The van der Waals surface area contributed by atoms with Gasteiger partial charge in [-0.25, -0.2) is 4.79 Å². The summed E-state index contributed by atoms with van der Waals surface area (Å²) in [5.41, 5.74) is 0. The first-order valence-electron chi connectivity index (χ1n) is 6.63. The van der Waals surface area contributed by atoms with E-state index < -0.39 is 36.0 Å². The number of aliphatic hydroxyl groups excluding tert-OH is 1. The molecule has 0 spiro atoms. The summed E-state index contributed by atoms with van der Waals surface area (Å²) in [5.74, 6) is -2.78. The van der Waals surface area contributed by atoms with E-state index in [-0.39, 0.29) is 25.3 Å². The van der Waals surface area contributed by atoms with Crippen LogP contribution in [0, 0.1) is 17.2 Å². The second kappa shape index (κ2) is 7.04. The number of β-amino-alcohol motifs (C(OH)–C–C–N with tert-alkyl or cyclic N) is 1. The highest BCUT2D eigenvalue weighted by Crippen LogP contribution is 2.19. The highest BCUT2D eigenvalue weighted by molar-refractivity contribution is 5.90. The van der Waals surface area contributed by atoms with Crippen LogP contribution < -0.4 is 5.32 Å². The maximum Gasteiger partial charge on any atom is 0.326 e. The van der Waals surface area contributed by atoms with Crippen LogP contribution in [0.5, 0.6) is 0 Å². The minimum atomic E-state index is -1.24. The molecule has 8 nitrogen and oxygen atoms in total. The Morgan fingerprint density at radius 2 is 2.10 bits per heavy atom. The van der Waals surface area contributed by atoms with Crippen LogP contribution in [0.2, 0.25) is 0 Å². The zero-order valence-corrected chi connectivity index (χ0v) is 11.9. The van der Waals surface area contributed by atoms with E-state index in [9.17, 15) is 19.5 Å². The van der Waals surface area contributed by atoms with Crippen molar-refractivity contribution < 1.29 is 24.6 Å². The lowest BCUT2D eigenvalue weighted by Gasteiger charge is -2.25. The monoisotopic (exact) mass is 297 g/mol. The fraction of sp³-hybridized carbons (Fsp3) is 0.692. The molecule has 1 fully saturated rings. The van der Waals surface area contributed by atoms with Crippen molar-refractivity contribution in [1.29, 1.82) is 5.26 Å². The molecule has 21 heavy (non-hydrogen) atoms. The second-order valence-electron chi connectivity index (χ2n) is 5.24. The van der Waals surface area contributed by atoms with Gasteiger partial charge in [-0.1, -0.05) is 6.92 Å². The van der Waals surface area contributed by atoms with Gasteiger partial charge in [0, 0.05) is 32.2 Å². The molecule has 116 valence electrons. The van der Waals surface area contributed by atoms with E-state index >= 15 is 0 Å². The average molecular weight is 297 g/mol. The summed E-state index contributed by atoms with van der Waals surface area (Å²) in [6.45, 7) is 2.89. The maximum absolute atomic E-state index is 12.2. The number of carboxylic acids is 1. The molecule has 1 aliphatic rings. The number of rotatable bonds is 5. The van der Waals surface area contributed by atoms with Gasteiger partial charge in [-0.05, 0) is 0 Å². The number of nitrogens with zero attached hydrogens (tertiary/aromatic N) is 2. The second-order valence-corrected chi connectivity index (χ2v) is 5.24. The molecule has 0 bridgehead atoms. The normalized spacial score (nSPS) is 24.0. The predicted molar refractivity (Wildman–Crippen MR) is 70.8 cm³/mol. The zero-order valence-electron chi connectivity index (χ0n) is 11.9. The van der Waals surface area contributed by atoms with Crippen molar-refractivity contribution in [2.45, 2.75) is 44.9 Å². The van der Waals surface area contributed by atoms with Gasteiger partial charge in [0.25, 0.3) is 0 Å². The number of likely N-dealkylation sites (tertiary alicyclic amines) is 1. The van der Waals surface area contributed by atoms with Crippen molar-refractivity contribution in [3.05, 3.63) is 0 Å². The van der Waals surface area contributed by atoms with Crippen molar-refractivity contribution in [3.8, 4) is 6.07 Å². The molecular formula is C13H19N3O5. The van der Waals surface area contributed by atoms with E-state index in [0.29, 0.717) is 0 Å². The summed E-state index contributed by atoms with van der Waals surface area (Å²) in [6, 6.07) is -0.225. The van der Waals surface area contributed by atoms with Crippen LogP contribution in [-0.2, 0) is 14.4 Å². The fourth-order valence-corrected chi connectivity index (χ4v) is 2.37. The highest BCUT2D eigenvalue weighted by Gasteiger charge is 2.39. The Bertz CT molecular complexity index is 473. The Balaban J connectivity index is 2.80. The molecule has 4 atom stereocenters. The van der Waals surface area contributed by atoms with Gasteiger partial charge in [-0.2, -0.15) is 5.26 Å². The molecule has 0 aromatic heterocycles. The van der Waals surface area contributed by atoms with Crippen LogP contribution in [0.1, 0.15) is 26.7 Å². The molecule has 1 heterocycles. The third-order valence-corrected chi connectivity index (χ3v) is 3.53. The summed E-state index contributed by atoms with van der Waals surface area (Å²) in [7, 11) is 0. The van der Waals surface area contributed by atoms with Gasteiger partial charge in [0.05, 0.1) is 12.2 Å². The number of aliphatic hydroxyl groups is 1. The molecular weight excluding hydrogens is 278 g/mol. The summed E-state index contributed by atoms with van der Waals surface area (Å²) in [6.07, 6.45) is -0.741. The van der Waals surface area contributed by atoms with E-state index in [1.165, 1.54) is 11.8 Å². The van der Waals surface area contributed by atoms with Gasteiger partial charge in [0.15, 0.2) is 0 Å². The first-order chi connectivity index (χ1) is 9.77. The number of carbonyl (C=O) groups is 3. The predicted octanol–water partition coefficient (Wildman–Crippen LogP) is -0.913. The Hall–Kier alpha value is -2.14. The van der Waals surface area contributed by atoms with E-state index in [1.54, 1.807) is 6.92 Å². The Kier molecular flexibility index (Phi) is 5.67. The first kappa shape index (κ1) is 16.9. The minimum Gasteiger partial charge on any atom is -0.480 e. The van der Waals surface area contributed by atoms with Gasteiger partial charge in [0.1, 0.15) is 12.1 Å². The Morgan fingerprint density at radius 1 is 1.48 bits per heavy atom. The van der Waals surface area contributed by atoms with Gasteiger partial charge >= 0.3 is 5.97 Å². The number of hydrogen-bond donors (Lipinski definition) is 3. The lowest BCUT2D eigenvalue weighted by Crippen LogP contribution is -2.52. The standard InChI is InChI=1S/C13H19N3O5/c1-7(3-4-14)11(13(20)21)15-12(19)10-5-9(18)6-16(10)8(2)17/h7,9-11,18H,3,5-6H2,1-2H3,(H,15,19)(H,20,21)/t7-,9-,10+,11+/m1/s1. The molecule has 0 saturated carbocycles. The van der Waals surface area contributed by atoms with Crippen molar-refractivity contribution >= 4 is 17.8 Å². The molecule has 0 aromatic carbocycles. The number of aliphatic carboxylic acids is 1. The van der Waals surface area contributed by atoms with Gasteiger partial charge in [0.2, 0.25) is 11.8 Å². The third kappa shape index (κ3) is 4.16. The van der Waals surface area contributed by atoms with Gasteiger partial charge < -0.3 is 20.4 Å². The largest absolute Gasteiger partial charge is 0.480 e. The summed E-state index contributed by atoms with van der Waals surface area (Å²) >= 11 is 0. The number of amides is 2. The quantitative estimate of drug-likeness (QED) is 0.602. The van der Waals surface area contributed by atoms with E-state index in [4.69, 9.17) is 10.4 Å². The van der Waals surface area contributed by atoms with Crippen LogP contribution in [0.3, 0.4) is 0 Å². The van der Waals surface area contributed by atoms with Crippen molar-refractivity contribution in [3.63, 3.8) is 0 Å². The fourth-order valence-electron chi connectivity index (χ4n) is 2.37. The maximum atomic E-state index is 12.2. The number of carbonyl (C=O) groups excluding carboxylic acids is 2. The molecule has 0 aromatic rings. The van der Waals surface area contributed by atoms with Crippen LogP contribution in [0.25, 0.3) is 0 Å². The average Bonchev–Trinajstić information content (AvgIpc) is 2.78. The number of carboxylic acid groups (broad SMARTS) is 1. The van der Waals surface area contributed by atoms with E-state index in [0.717, 1.165) is 0 Å². The van der Waals surface area contributed by atoms with Crippen molar-refractivity contribution in [2.75, 3.05) is 6.54 Å². The van der Waals surface area contributed by atoms with Crippen LogP contribution in [0.4, 0.5) is 0 Å². The van der Waals surface area contributed by atoms with Crippen molar-refractivity contribution in [2.24, 2.45) is 5.92 Å². The third-order valence-electron chi connectivity index (χ3n) is 3.53. The smallest absolute Gasteiger partial charge is 0.326 e. The Labute approximate surface area is 122 Å². The van der Waals surface area contributed by atoms with Crippen LogP contribution >= 0.6 is 0 Å². The van der Waals surface area contributed by atoms with Gasteiger partial charge in [-0.15, -0.1) is 0 Å². The topological polar surface area (TPSA) is 131 Å². The highest BCUT2D eigenvalue weighted by atomic mass is 16.4. The molecule has 8 heteroatoms. The van der Waals surface area contributed by atoms with E-state index in [1.807, 2.05) is 6.07 Å². The molecule has 2 amide bonds. The number of nitrogens with one attached hydrogen (secondary N) is 1. The molecule has 1 saturated heterocycles. The molecule has 0 aliphatic carbocycles. The summed E-state index contributed by atoms with van der Waals surface area (Å²) < 4.78 is 0. The van der Waals surface area contributed by atoms with E-state index in [2.05, 4.69) is 5.32 Å². The lowest BCUT2D eigenvalue weighted by atomic mass is 9.98. The Morgan fingerprint density at radius 3 is 2.57 bits per heavy atom. The lowest BCUT2D eigenvalue weighted by molar-refractivity contribution is -0.144. The van der Waals surface area contributed by atoms with Crippen molar-refractivity contribution in [1.82, 2.24) is 10.2 Å². The number of hydrogen-bond acceptors (Lipinski definition) is 5. The first-order valence-corrected chi connectivity index (χ1v) is 6.63. The molecule has 1 aliphatic heterocycles. The molecule has 0 unspecified atom stereocenters. The molecule has 0 radical (unpaired) electrons. The molecule has 3 N–H and O–H groups in total. The summed E-state index contributed by atoms with van der Waals surface area (Å²) in [4.78, 5) is 36.0. The molecule has 1 rings (SSSR count). The zero-order chi connectivity index (χ0) is 16.2.